The number of hydrazine groups is 1. The van der Waals surface area contributed by atoms with Crippen molar-refractivity contribution in [1.29, 1.82) is 0 Å². The van der Waals surface area contributed by atoms with Gasteiger partial charge in [-0.3, -0.25) is 25.2 Å². The molecule has 0 aliphatic carbocycles. The van der Waals surface area contributed by atoms with Crippen molar-refractivity contribution in [1.82, 2.24) is 20.6 Å². The molecule has 0 fully saturated rings. The zero-order valence-electron chi connectivity index (χ0n) is 15.0. The van der Waals surface area contributed by atoms with E-state index in [0.717, 1.165) is 0 Å². The van der Waals surface area contributed by atoms with Crippen LogP contribution in [-0.4, -0.2) is 21.6 Å². The van der Waals surface area contributed by atoms with E-state index in [1.54, 1.807) is 19.1 Å². The molecule has 0 saturated heterocycles. The van der Waals surface area contributed by atoms with Crippen molar-refractivity contribution in [2.45, 2.75) is 13.3 Å². The number of rotatable bonds is 4. The molecule has 8 heteroatoms. The maximum absolute atomic E-state index is 12.9. The summed E-state index contributed by atoms with van der Waals surface area (Å²) in [5.41, 5.74) is 5.32. The Labute approximate surface area is 159 Å². The lowest BCUT2D eigenvalue weighted by atomic mass is 10.1. The Morgan fingerprint density at radius 2 is 1.71 bits per heavy atom. The molecule has 0 radical (unpaired) electrons. The third-order valence-corrected chi connectivity index (χ3v) is 3.92. The van der Waals surface area contributed by atoms with Crippen LogP contribution in [0.4, 0.5) is 4.39 Å². The summed E-state index contributed by atoms with van der Waals surface area (Å²) in [6, 6.07) is 15.8. The number of hydrogen-bond donors (Lipinski definition) is 2. The van der Waals surface area contributed by atoms with Crippen LogP contribution in [0.5, 0.6) is 0 Å². The number of hydrogen-bond acceptors (Lipinski definition) is 4. The highest BCUT2D eigenvalue weighted by Crippen LogP contribution is 2.08. The van der Waals surface area contributed by atoms with Gasteiger partial charge in [0.2, 0.25) is 11.3 Å². The van der Waals surface area contributed by atoms with Gasteiger partial charge in [-0.2, -0.15) is 5.10 Å². The van der Waals surface area contributed by atoms with Gasteiger partial charge in [0.15, 0.2) is 5.69 Å². The van der Waals surface area contributed by atoms with Gasteiger partial charge >= 0.3 is 0 Å². The summed E-state index contributed by atoms with van der Waals surface area (Å²) < 4.78 is 14.4. The van der Waals surface area contributed by atoms with E-state index in [4.69, 9.17) is 0 Å². The maximum atomic E-state index is 12.9. The summed E-state index contributed by atoms with van der Waals surface area (Å²) in [6.07, 6.45) is -0.0594. The van der Waals surface area contributed by atoms with Crippen molar-refractivity contribution >= 4 is 11.8 Å². The highest BCUT2D eigenvalue weighted by molar-refractivity contribution is 5.93. The van der Waals surface area contributed by atoms with Crippen molar-refractivity contribution in [3.8, 4) is 5.69 Å². The van der Waals surface area contributed by atoms with E-state index in [1.807, 2.05) is 18.2 Å². The fourth-order valence-electron chi connectivity index (χ4n) is 2.55. The van der Waals surface area contributed by atoms with Gasteiger partial charge in [-0.25, -0.2) is 9.07 Å². The van der Waals surface area contributed by atoms with E-state index in [1.165, 1.54) is 35.0 Å². The van der Waals surface area contributed by atoms with Crippen molar-refractivity contribution < 1.29 is 14.0 Å². The van der Waals surface area contributed by atoms with Gasteiger partial charge in [0.05, 0.1) is 12.1 Å². The van der Waals surface area contributed by atoms with Gasteiger partial charge in [0.25, 0.3) is 5.91 Å². The monoisotopic (exact) mass is 380 g/mol. The van der Waals surface area contributed by atoms with Crippen LogP contribution in [0, 0.1) is 12.7 Å². The number of benzene rings is 2. The van der Waals surface area contributed by atoms with Gasteiger partial charge in [-0.15, -0.1) is 0 Å². The van der Waals surface area contributed by atoms with Crippen LogP contribution in [-0.2, 0) is 11.2 Å². The van der Waals surface area contributed by atoms with Crippen LogP contribution >= 0.6 is 0 Å². The Hall–Kier alpha value is -3.81. The first-order valence-electron chi connectivity index (χ1n) is 8.44. The second kappa shape index (κ2) is 8.26. The lowest BCUT2D eigenvalue weighted by molar-refractivity contribution is -0.121. The van der Waals surface area contributed by atoms with Crippen molar-refractivity contribution in [2.24, 2.45) is 0 Å². The number of aromatic nitrogens is 2. The lowest BCUT2D eigenvalue weighted by Crippen LogP contribution is -2.44. The molecule has 0 saturated carbocycles. The second-order valence-electron chi connectivity index (χ2n) is 6.05. The fraction of sp³-hybridized carbons (Fsp3) is 0.100. The van der Waals surface area contributed by atoms with E-state index >= 15 is 0 Å². The number of halogens is 1. The van der Waals surface area contributed by atoms with Gasteiger partial charge in [-0.05, 0) is 36.8 Å². The summed E-state index contributed by atoms with van der Waals surface area (Å²) in [7, 11) is 0. The van der Waals surface area contributed by atoms with Crippen molar-refractivity contribution in [3.05, 3.63) is 93.7 Å². The Morgan fingerprint density at radius 3 is 2.39 bits per heavy atom. The van der Waals surface area contributed by atoms with Gasteiger partial charge < -0.3 is 0 Å². The molecule has 2 N–H and O–H groups in total. The molecule has 0 spiro atoms. The summed E-state index contributed by atoms with van der Waals surface area (Å²) in [6.45, 7) is 1.70. The number of carbonyl (C=O) groups is 2. The number of carbonyl (C=O) groups excluding carboxylic acids is 2. The van der Waals surface area contributed by atoms with Gasteiger partial charge in [0, 0.05) is 11.8 Å². The minimum atomic E-state index is -0.831. The van der Waals surface area contributed by atoms with Crippen LogP contribution in [0.2, 0.25) is 0 Å². The number of nitrogens with zero attached hydrogens (tertiary/aromatic N) is 2. The average molecular weight is 380 g/mol. The topological polar surface area (TPSA) is 93.1 Å². The van der Waals surface area contributed by atoms with E-state index in [2.05, 4.69) is 16.0 Å². The quantitative estimate of drug-likeness (QED) is 0.674. The Kier molecular flexibility index (Phi) is 5.59. The molecule has 0 unspecified atom stereocenters. The molecule has 3 aromatic rings. The molecule has 0 atom stereocenters. The molecular formula is C20H17FN4O3. The SMILES string of the molecule is Cc1cc(=O)c(C(=O)NNC(=O)Cc2ccc(F)cc2)nn1-c1ccccc1. The summed E-state index contributed by atoms with van der Waals surface area (Å²) in [5.74, 6) is -1.75. The third-order valence-electron chi connectivity index (χ3n) is 3.92. The van der Waals surface area contributed by atoms with Crippen LogP contribution in [0.15, 0.2) is 65.5 Å². The second-order valence-corrected chi connectivity index (χ2v) is 6.05. The molecule has 7 nitrogen and oxygen atoms in total. The van der Waals surface area contributed by atoms with Crippen LogP contribution in [0.1, 0.15) is 21.7 Å². The smallest absolute Gasteiger partial charge is 0.287 e. The molecule has 142 valence electrons. The normalized spacial score (nSPS) is 10.4. The largest absolute Gasteiger partial charge is 0.294 e. The Bertz CT molecular complexity index is 1060. The fourth-order valence-corrected chi connectivity index (χ4v) is 2.55. The highest BCUT2D eigenvalue weighted by Gasteiger charge is 2.16. The minimum Gasteiger partial charge on any atom is -0.287 e. The first-order chi connectivity index (χ1) is 13.4. The van der Waals surface area contributed by atoms with Crippen LogP contribution in [0.25, 0.3) is 5.69 Å². The molecule has 2 amide bonds. The predicted molar refractivity (Wildman–Crippen MR) is 100 cm³/mol. The van der Waals surface area contributed by atoms with E-state index < -0.39 is 23.1 Å². The first-order valence-corrected chi connectivity index (χ1v) is 8.44. The summed E-state index contributed by atoms with van der Waals surface area (Å²) in [5, 5.41) is 4.11. The highest BCUT2D eigenvalue weighted by atomic mass is 19.1. The van der Waals surface area contributed by atoms with E-state index in [0.29, 0.717) is 16.9 Å². The first kappa shape index (κ1) is 19.0. The molecule has 0 aliphatic rings. The molecule has 2 aromatic carbocycles. The third kappa shape index (κ3) is 4.47. The maximum Gasteiger partial charge on any atom is 0.294 e. The van der Waals surface area contributed by atoms with E-state index in [-0.39, 0.29) is 12.1 Å². The lowest BCUT2D eigenvalue weighted by Gasteiger charge is -2.11. The van der Waals surface area contributed by atoms with Crippen molar-refractivity contribution in [3.63, 3.8) is 0 Å². The predicted octanol–water partition coefficient (Wildman–Crippen LogP) is 1.68. The Morgan fingerprint density at radius 1 is 1.04 bits per heavy atom. The van der Waals surface area contributed by atoms with Gasteiger partial charge in [-0.1, -0.05) is 30.3 Å². The average Bonchev–Trinajstić information content (AvgIpc) is 2.69. The van der Waals surface area contributed by atoms with Crippen LogP contribution in [0.3, 0.4) is 0 Å². The number of para-hydroxylation sites is 1. The van der Waals surface area contributed by atoms with Crippen LogP contribution < -0.4 is 16.3 Å². The van der Waals surface area contributed by atoms with Gasteiger partial charge in [0.1, 0.15) is 5.82 Å². The zero-order valence-corrected chi connectivity index (χ0v) is 15.0. The van der Waals surface area contributed by atoms with Crippen molar-refractivity contribution in [2.75, 3.05) is 0 Å². The molecule has 3 rings (SSSR count). The molecular weight excluding hydrogens is 363 g/mol. The molecule has 0 aliphatic heterocycles. The molecule has 0 bridgehead atoms. The summed E-state index contributed by atoms with van der Waals surface area (Å²) >= 11 is 0. The Balaban J connectivity index is 1.71. The number of amides is 2. The standard InChI is InChI=1S/C20H17FN4O3/c1-13-11-17(26)19(24-25(13)16-5-3-2-4-6-16)20(28)23-22-18(27)12-14-7-9-15(21)10-8-14/h2-11H,12H2,1H3,(H,22,27)(H,23,28). The summed E-state index contributed by atoms with van der Waals surface area (Å²) in [4.78, 5) is 36.4. The molecule has 28 heavy (non-hydrogen) atoms. The number of nitrogens with one attached hydrogen (secondary N) is 2. The van der Waals surface area contributed by atoms with E-state index in [9.17, 15) is 18.8 Å². The molecule has 1 heterocycles. The molecule has 1 aromatic heterocycles. The zero-order chi connectivity index (χ0) is 20.1. The number of aryl methyl sites for hydroxylation is 1. The minimum absolute atomic E-state index is 0.0594.